The Bertz CT molecular complexity index is 601. The van der Waals surface area contributed by atoms with Crippen molar-refractivity contribution in [2.24, 2.45) is 0 Å². The van der Waals surface area contributed by atoms with Gasteiger partial charge in [-0.1, -0.05) is 49.6 Å². The summed E-state index contributed by atoms with van der Waals surface area (Å²) < 4.78 is 5.79. The first kappa shape index (κ1) is 16.3. The largest absolute Gasteiger partial charge is 0.480 e. The van der Waals surface area contributed by atoms with Crippen molar-refractivity contribution >= 4 is 5.97 Å². The highest BCUT2D eigenvalue weighted by Crippen LogP contribution is 2.22. The number of carbonyl (C=O) groups is 1. The second-order valence-electron chi connectivity index (χ2n) is 5.55. The molecule has 0 saturated carbocycles. The maximum absolute atomic E-state index is 11.2. The summed E-state index contributed by atoms with van der Waals surface area (Å²) in [4.78, 5) is 11.2. The Balaban J connectivity index is 1.96. The van der Waals surface area contributed by atoms with Gasteiger partial charge in [0.2, 0.25) is 0 Å². The van der Waals surface area contributed by atoms with Crippen molar-refractivity contribution in [1.82, 2.24) is 5.32 Å². The van der Waals surface area contributed by atoms with Gasteiger partial charge in [0.05, 0.1) is 6.54 Å². The molecule has 0 aliphatic carbocycles. The molecule has 1 atom stereocenters. The molecule has 0 radical (unpaired) electrons. The summed E-state index contributed by atoms with van der Waals surface area (Å²) in [5.41, 5.74) is 2.23. The molecule has 0 saturated heterocycles. The smallest absolute Gasteiger partial charge is 0.320 e. The van der Waals surface area contributed by atoms with Crippen molar-refractivity contribution in [1.29, 1.82) is 0 Å². The molecule has 0 spiro atoms. The molecule has 2 rings (SSSR count). The fraction of sp³-hybridized carbons (Fsp3) is 0.389. The van der Waals surface area contributed by atoms with Crippen molar-refractivity contribution in [3.8, 4) is 11.3 Å². The van der Waals surface area contributed by atoms with E-state index in [1.807, 2.05) is 43.3 Å². The highest BCUT2D eigenvalue weighted by Gasteiger charge is 2.16. The second-order valence-corrected chi connectivity index (χ2v) is 5.55. The first-order valence-corrected chi connectivity index (χ1v) is 7.72. The zero-order chi connectivity index (χ0) is 15.9. The van der Waals surface area contributed by atoms with Crippen LogP contribution < -0.4 is 5.32 Å². The summed E-state index contributed by atoms with van der Waals surface area (Å²) in [7, 11) is 0. The average molecular weight is 301 g/mol. The van der Waals surface area contributed by atoms with Crippen LogP contribution in [-0.4, -0.2) is 17.1 Å². The molecule has 4 heteroatoms. The van der Waals surface area contributed by atoms with Crippen LogP contribution in [0.4, 0.5) is 0 Å². The molecule has 0 fully saturated rings. The van der Waals surface area contributed by atoms with Crippen LogP contribution >= 0.6 is 0 Å². The van der Waals surface area contributed by atoms with E-state index in [0.717, 1.165) is 29.9 Å². The van der Waals surface area contributed by atoms with Gasteiger partial charge in [-0.25, -0.2) is 0 Å². The Labute approximate surface area is 131 Å². The number of benzene rings is 1. The van der Waals surface area contributed by atoms with E-state index in [2.05, 4.69) is 12.2 Å². The van der Waals surface area contributed by atoms with Crippen molar-refractivity contribution in [2.45, 2.75) is 45.7 Å². The number of unbranched alkanes of at least 4 members (excludes halogenated alkanes) is 1. The molecule has 1 aromatic carbocycles. The lowest BCUT2D eigenvalue weighted by atomic mass is 10.1. The molecule has 2 aromatic rings. The van der Waals surface area contributed by atoms with Crippen LogP contribution in [0.2, 0.25) is 0 Å². The quantitative estimate of drug-likeness (QED) is 0.774. The maximum atomic E-state index is 11.2. The van der Waals surface area contributed by atoms with Gasteiger partial charge in [-0.3, -0.25) is 10.1 Å². The van der Waals surface area contributed by atoms with Crippen LogP contribution in [0.15, 0.2) is 40.8 Å². The Morgan fingerprint density at radius 3 is 2.59 bits per heavy atom. The van der Waals surface area contributed by atoms with Crippen LogP contribution in [-0.2, 0) is 11.3 Å². The van der Waals surface area contributed by atoms with E-state index in [1.54, 1.807) is 0 Å². The summed E-state index contributed by atoms with van der Waals surface area (Å²) in [5, 5.41) is 12.2. The summed E-state index contributed by atoms with van der Waals surface area (Å²) in [6.07, 6.45) is 2.53. The lowest BCUT2D eigenvalue weighted by molar-refractivity contribution is -0.139. The Hall–Kier alpha value is -2.07. The maximum Gasteiger partial charge on any atom is 0.320 e. The van der Waals surface area contributed by atoms with E-state index < -0.39 is 12.0 Å². The topological polar surface area (TPSA) is 62.5 Å². The minimum absolute atomic E-state index is 0.423. The summed E-state index contributed by atoms with van der Waals surface area (Å²) in [5.74, 6) is 0.745. The molecular weight excluding hydrogens is 278 g/mol. The molecule has 1 heterocycles. The van der Waals surface area contributed by atoms with Crippen LogP contribution in [0.1, 0.15) is 37.5 Å². The Kier molecular flexibility index (Phi) is 5.78. The number of hydrogen-bond acceptors (Lipinski definition) is 3. The highest BCUT2D eigenvalue weighted by molar-refractivity contribution is 5.73. The molecule has 4 nitrogen and oxygen atoms in total. The fourth-order valence-electron chi connectivity index (χ4n) is 2.29. The predicted molar refractivity (Wildman–Crippen MR) is 86.7 cm³/mol. The van der Waals surface area contributed by atoms with Crippen molar-refractivity contribution in [3.05, 3.63) is 47.7 Å². The number of carboxylic acids is 1. The lowest BCUT2D eigenvalue weighted by Gasteiger charge is -2.12. The van der Waals surface area contributed by atoms with Crippen LogP contribution in [0.5, 0.6) is 0 Å². The van der Waals surface area contributed by atoms with Gasteiger partial charge < -0.3 is 9.52 Å². The number of carboxylic acid groups (broad SMARTS) is 1. The summed E-state index contributed by atoms with van der Waals surface area (Å²) >= 11 is 0. The number of furan rings is 1. The van der Waals surface area contributed by atoms with Gasteiger partial charge in [0.15, 0.2) is 0 Å². The molecule has 0 aliphatic rings. The predicted octanol–water partition coefficient (Wildman–Crippen LogP) is 3.99. The normalized spacial score (nSPS) is 12.3. The van der Waals surface area contributed by atoms with E-state index >= 15 is 0 Å². The molecule has 2 N–H and O–H groups in total. The number of hydrogen-bond donors (Lipinski definition) is 2. The van der Waals surface area contributed by atoms with Crippen LogP contribution in [0.3, 0.4) is 0 Å². The third kappa shape index (κ3) is 4.46. The monoisotopic (exact) mass is 301 g/mol. The number of aliphatic carboxylic acids is 1. The Morgan fingerprint density at radius 2 is 1.95 bits per heavy atom. The zero-order valence-corrected chi connectivity index (χ0v) is 13.1. The highest BCUT2D eigenvalue weighted by atomic mass is 16.4. The summed E-state index contributed by atoms with van der Waals surface area (Å²) in [6, 6.07) is 11.4. The van der Waals surface area contributed by atoms with Gasteiger partial charge in [0.25, 0.3) is 0 Å². The molecule has 1 unspecified atom stereocenters. The van der Waals surface area contributed by atoms with E-state index in [4.69, 9.17) is 4.42 Å². The van der Waals surface area contributed by atoms with Gasteiger partial charge in [-0.05, 0) is 25.5 Å². The van der Waals surface area contributed by atoms with Gasteiger partial charge in [-0.2, -0.15) is 0 Å². The molecule has 1 aromatic heterocycles. The molecule has 0 amide bonds. The minimum atomic E-state index is -0.807. The van der Waals surface area contributed by atoms with Crippen LogP contribution in [0.25, 0.3) is 11.3 Å². The van der Waals surface area contributed by atoms with E-state index in [-0.39, 0.29) is 0 Å². The van der Waals surface area contributed by atoms with Gasteiger partial charge in [0.1, 0.15) is 17.6 Å². The number of rotatable bonds is 8. The fourth-order valence-corrected chi connectivity index (χ4v) is 2.29. The minimum Gasteiger partial charge on any atom is -0.480 e. The zero-order valence-electron chi connectivity index (χ0n) is 13.1. The third-order valence-corrected chi connectivity index (χ3v) is 3.66. The lowest BCUT2D eigenvalue weighted by Crippen LogP contribution is -2.36. The molecule has 0 bridgehead atoms. The standard InChI is InChI=1S/C18H23NO3/c1-3-4-5-16(18(20)21)19-12-15-10-11-17(22-15)14-8-6-13(2)7-9-14/h6-11,16,19H,3-5,12H2,1-2H3,(H,20,21). The van der Waals surface area contributed by atoms with E-state index in [9.17, 15) is 9.90 Å². The van der Waals surface area contributed by atoms with E-state index in [1.165, 1.54) is 5.56 Å². The van der Waals surface area contributed by atoms with E-state index in [0.29, 0.717) is 13.0 Å². The molecular formula is C18H23NO3. The molecule has 118 valence electrons. The van der Waals surface area contributed by atoms with Crippen molar-refractivity contribution in [2.75, 3.05) is 0 Å². The Morgan fingerprint density at radius 1 is 1.23 bits per heavy atom. The number of nitrogens with one attached hydrogen (secondary N) is 1. The van der Waals surface area contributed by atoms with Gasteiger partial charge >= 0.3 is 5.97 Å². The van der Waals surface area contributed by atoms with Gasteiger partial charge in [-0.15, -0.1) is 0 Å². The third-order valence-electron chi connectivity index (χ3n) is 3.66. The molecule has 22 heavy (non-hydrogen) atoms. The number of aryl methyl sites for hydroxylation is 1. The van der Waals surface area contributed by atoms with Crippen LogP contribution in [0, 0.1) is 6.92 Å². The summed E-state index contributed by atoms with van der Waals surface area (Å²) in [6.45, 7) is 4.52. The van der Waals surface area contributed by atoms with Crippen molar-refractivity contribution in [3.63, 3.8) is 0 Å². The SMILES string of the molecule is CCCCC(NCc1ccc(-c2ccc(C)cc2)o1)C(=O)O. The second kappa shape index (κ2) is 7.80. The average Bonchev–Trinajstić information content (AvgIpc) is 2.96. The first-order chi connectivity index (χ1) is 10.6. The first-order valence-electron chi connectivity index (χ1n) is 7.72. The molecule has 0 aliphatic heterocycles. The van der Waals surface area contributed by atoms with Crippen molar-refractivity contribution < 1.29 is 14.3 Å². The van der Waals surface area contributed by atoms with Gasteiger partial charge in [0, 0.05) is 5.56 Å².